The largest absolute Gasteiger partial charge is 0.494 e. The van der Waals surface area contributed by atoms with Crippen molar-refractivity contribution in [1.29, 1.82) is 0 Å². The molecule has 40 heavy (non-hydrogen) atoms. The van der Waals surface area contributed by atoms with E-state index in [1.165, 1.54) is 22.9 Å². The predicted octanol–water partition coefficient (Wildman–Crippen LogP) is 3.94. The molecule has 2 aromatic carbocycles. The first kappa shape index (κ1) is 27.0. The maximum absolute atomic E-state index is 13.2. The van der Waals surface area contributed by atoms with Gasteiger partial charge in [0.15, 0.2) is 5.82 Å². The molecule has 1 N–H and O–H groups in total. The number of benzene rings is 2. The summed E-state index contributed by atoms with van der Waals surface area (Å²) >= 11 is 0. The van der Waals surface area contributed by atoms with Crippen LogP contribution in [0.5, 0.6) is 5.75 Å². The van der Waals surface area contributed by atoms with Gasteiger partial charge in [0.25, 0.3) is 5.56 Å². The van der Waals surface area contributed by atoms with E-state index in [0.717, 1.165) is 36.3 Å². The van der Waals surface area contributed by atoms with Gasteiger partial charge in [-0.3, -0.25) is 9.59 Å². The van der Waals surface area contributed by atoms with Crippen molar-refractivity contribution >= 4 is 11.7 Å². The smallest absolute Gasteiger partial charge is 0.266 e. The van der Waals surface area contributed by atoms with E-state index in [1.54, 1.807) is 18.2 Å². The highest BCUT2D eigenvalue weighted by molar-refractivity contribution is 5.79. The number of hydrogen-bond acceptors (Lipinski definition) is 7. The second-order valence-corrected chi connectivity index (χ2v) is 9.60. The summed E-state index contributed by atoms with van der Waals surface area (Å²) in [6.45, 7) is 4.39. The molecular weight excluding hydrogens is 511 g/mol. The zero-order valence-corrected chi connectivity index (χ0v) is 22.3. The minimum Gasteiger partial charge on any atom is -0.494 e. The molecule has 206 valence electrons. The van der Waals surface area contributed by atoms with Crippen molar-refractivity contribution in [1.82, 2.24) is 25.3 Å². The Morgan fingerprint density at radius 2 is 1.70 bits per heavy atom. The number of rotatable bonds is 9. The number of anilines is 1. The maximum Gasteiger partial charge on any atom is 0.266 e. The van der Waals surface area contributed by atoms with Gasteiger partial charge >= 0.3 is 0 Å². The van der Waals surface area contributed by atoms with Crippen molar-refractivity contribution in [3.8, 4) is 28.3 Å². The second kappa shape index (κ2) is 12.5. The molecule has 1 fully saturated rings. The molecule has 10 heteroatoms. The van der Waals surface area contributed by atoms with Crippen LogP contribution in [0.15, 0.2) is 77.6 Å². The lowest BCUT2D eigenvalue weighted by molar-refractivity contribution is -0.125. The molecule has 1 unspecified atom stereocenters. The summed E-state index contributed by atoms with van der Waals surface area (Å²) in [6, 6.07) is 20.6. The van der Waals surface area contributed by atoms with Gasteiger partial charge in [-0.1, -0.05) is 0 Å². The van der Waals surface area contributed by atoms with Crippen LogP contribution >= 0.6 is 0 Å². The fourth-order valence-electron chi connectivity index (χ4n) is 4.75. The van der Waals surface area contributed by atoms with Crippen LogP contribution < -0.4 is 20.5 Å². The van der Waals surface area contributed by atoms with E-state index in [1.807, 2.05) is 43.3 Å². The number of hydrogen-bond donors (Lipinski definition) is 1. The number of amides is 1. The average Bonchev–Trinajstić information content (AvgIpc) is 2.99. The number of piperidine rings is 1. The summed E-state index contributed by atoms with van der Waals surface area (Å²) < 4.78 is 20.1. The molecule has 3 heterocycles. The van der Waals surface area contributed by atoms with Crippen LogP contribution in [0.25, 0.3) is 22.5 Å². The van der Waals surface area contributed by atoms with Gasteiger partial charge in [0, 0.05) is 36.8 Å². The van der Waals surface area contributed by atoms with E-state index in [2.05, 4.69) is 25.5 Å². The Bertz CT molecular complexity index is 1490. The molecule has 1 atom stereocenters. The third-order valence-electron chi connectivity index (χ3n) is 6.86. The number of nitrogens with zero attached hydrogens (tertiary/aromatic N) is 5. The molecular formula is C30H31FN6O3. The summed E-state index contributed by atoms with van der Waals surface area (Å²) in [5.41, 5.74) is 2.76. The maximum atomic E-state index is 13.2. The van der Waals surface area contributed by atoms with Crippen LogP contribution in [-0.2, 0) is 11.3 Å². The first-order chi connectivity index (χ1) is 19.5. The molecule has 0 bridgehead atoms. The highest BCUT2D eigenvalue weighted by atomic mass is 19.1. The number of carbonyl (C=O) groups is 1. The van der Waals surface area contributed by atoms with Gasteiger partial charge in [-0.15, -0.1) is 10.2 Å². The first-order valence-electron chi connectivity index (χ1n) is 13.4. The zero-order valence-electron chi connectivity index (χ0n) is 22.3. The van der Waals surface area contributed by atoms with Crippen molar-refractivity contribution in [3.63, 3.8) is 0 Å². The lowest BCUT2D eigenvalue weighted by Gasteiger charge is -2.32. The van der Waals surface area contributed by atoms with Gasteiger partial charge in [0.2, 0.25) is 5.91 Å². The van der Waals surface area contributed by atoms with Gasteiger partial charge in [-0.05, 0) is 86.5 Å². The lowest BCUT2D eigenvalue weighted by Crippen LogP contribution is -2.44. The highest BCUT2D eigenvalue weighted by Gasteiger charge is 2.26. The Labute approximate surface area is 231 Å². The van der Waals surface area contributed by atoms with Crippen LogP contribution in [0.2, 0.25) is 0 Å². The normalized spacial score (nSPS) is 15.1. The SMILES string of the molecule is CCOc1ccc(-c2ccc(=O)n(CCNC(=O)C3CCCN(c4ccc(-c5ccc(F)cc5)nn4)C3)n2)cc1. The number of ether oxygens (including phenoxy) is 1. The van der Waals surface area contributed by atoms with Crippen LogP contribution in [0, 0.1) is 11.7 Å². The first-order valence-corrected chi connectivity index (χ1v) is 13.4. The topological polar surface area (TPSA) is 102 Å². The quantitative estimate of drug-likeness (QED) is 0.342. The van der Waals surface area contributed by atoms with Gasteiger partial charge in [-0.25, -0.2) is 9.07 Å². The van der Waals surface area contributed by atoms with Crippen molar-refractivity contribution in [2.75, 3.05) is 31.1 Å². The summed E-state index contributed by atoms with van der Waals surface area (Å²) in [4.78, 5) is 27.4. The zero-order chi connectivity index (χ0) is 27.9. The molecule has 4 aromatic rings. The van der Waals surface area contributed by atoms with Crippen molar-refractivity contribution in [2.24, 2.45) is 5.92 Å². The molecule has 9 nitrogen and oxygen atoms in total. The van der Waals surface area contributed by atoms with Gasteiger partial charge in [-0.2, -0.15) is 5.10 Å². The third kappa shape index (κ3) is 6.51. The number of carbonyl (C=O) groups excluding carboxylic acids is 1. The summed E-state index contributed by atoms with van der Waals surface area (Å²) in [5, 5.41) is 16.1. The molecule has 1 amide bonds. The lowest BCUT2D eigenvalue weighted by atomic mass is 9.97. The highest BCUT2D eigenvalue weighted by Crippen LogP contribution is 2.24. The fourth-order valence-corrected chi connectivity index (χ4v) is 4.75. The number of halogens is 1. The summed E-state index contributed by atoms with van der Waals surface area (Å²) in [5.74, 6) is 0.915. The van der Waals surface area contributed by atoms with Gasteiger partial charge in [0.05, 0.1) is 30.5 Å². The second-order valence-electron chi connectivity index (χ2n) is 9.60. The summed E-state index contributed by atoms with van der Waals surface area (Å²) in [7, 11) is 0. The van der Waals surface area contributed by atoms with E-state index in [9.17, 15) is 14.0 Å². The Balaban J connectivity index is 1.16. The molecule has 1 aliphatic heterocycles. The standard InChI is InChI=1S/C30H31FN6O3/c1-2-40-25-11-7-22(8-12-25)27-14-16-29(38)37(35-27)19-17-32-30(39)23-4-3-18-36(20-23)28-15-13-26(33-34-28)21-5-9-24(31)10-6-21/h5-16,23H,2-4,17-20H2,1H3,(H,32,39). The Morgan fingerprint density at radius 3 is 2.42 bits per heavy atom. The molecule has 0 aliphatic carbocycles. The number of aromatic nitrogens is 4. The minimum atomic E-state index is -0.299. The van der Waals surface area contributed by atoms with E-state index in [0.29, 0.717) is 36.9 Å². The predicted molar refractivity (Wildman–Crippen MR) is 150 cm³/mol. The van der Waals surface area contributed by atoms with Crippen molar-refractivity contribution in [3.05, 3.63) is 89.0 Å². The minimum absolute atomic E-state index is 0.0590. The van der Waals surface area contributed by atoms with Crippen molar-refractivity contribution in [2.45, 2.75) is 26.3 Å². The fraction of sp³-hybridized carbons (Fsp3) is 0.300. The number of nitrogens with one attached hydrogen (secondary N) is 1. The Hall–Kier alpha value is -4.60. The van der Waals surface area contributed by atoms with E-state index in [-0.39, 0.29) is 29.7 Å². The molecule has 0 spiro atoms. The average molecular weight is 543 g/mol. The molecule has 2 aromatic heterocycles. The summed E-state index contributed by atoms with van der Waals surface area (Å²) in [6.07, 6.45) is 1.62. The van der Waals surface area contributed by atoms with Crippen LogP contribution in [-0.4, -0.2) is 52.1 Å². The Kier molecular flexibility index (Phi) is 8.44. The van der Waals surface area contributed by atoms with Crippen LogP contribution in [0.4, 0.5) is 10.2 Å². The molecule has 1 aliphatic rings. The van der Waals surface area contributed by atoms with Gasteiger partial charge < -0.3 is 15.0 Å². The molecule has 1 saturated heterocycles. The molecule has 0 saturated carbocycles. The Morgan fingerprint density at radius 1 is 0.975 bits per heavy atom. The van der Waals surface area contributed by atoms with Crippen LogP contribution in [0.1, 0.15) is 19.8 Å². The van der Waals surface area contributed by atoms with Gasteiger partial charge in [0.1, 0.15) is 11.6 Å². The molecule has 0 radical (unpaired) electrons. The molecule has 5 rings (SSSR count). The van der Waals surface area contributed by atoms with E-state index < -0.39 is 0 Å². The van der Waals surface area contributed by atoms with E-state index >= 15 is 0 Å². The monoisotopic (exact) mass is 542 g/mol. The third-order valence-corrected chi connectivity index (χ3v) is 6.86. The van der Waals surface area contributed by atoms with E-state index in [4.69, 9.17) is 4.74 Å². The van der Waals surface area contributed by atoms with Crippen LogP contribution in [0.3, 0.4) is 0 Å². The van der Waals surface area contributed by atoms with Crippen molar-refractivity contribution < 1.29 is 13.9 Å².